The SMILES string of the molecule is Cc1nccc(OC2CCCN(C(=O)CN3CCN(c4ccc(F)c(F)c4)C3=O)C2)n1. The van der Waals surface area contributed by atoms with Crippen LogP contribution in [0.25, 0.3) is 0 Å². The molecule has 2 fully saturated rings. The summed E-state index contributed by atoms with van der Waals surface area (Å²) in [5.74, 6) is -1.07. The summed E-state index contributed by atoms with van der Waals surface area (Å²) >= 11 is 0. The van der Waals surface area contributed by atoms with Crippen LogP contribution in [0.4, 0.5) is 19.3 Å². The highest BCUT2D eigenvalue weighted by Gasteiger charge is 2.33. The normalized spacial score (nSPS) is 19.1. The molecule has 8 nitrogen and oxygen atoms in total. The van der Waals surface area contributed by atoms with Crippen molar-refractivity contribution >= 4 is 17.6 Å². The van der Waals surface area contributed by atoms with Gasteiger partial charge < -0.3 is 14.5 Å². The third-order valence-corrected chi connectivity index (χ3v) is 5.40. The van der Waals surface area contributed by atoms with Crippen molar-refractivity contribution in [3.63, 3.8) is 0 Å². The topological polar surface area (TPSA) is 78.9 Å². The summed E-state index contributed by atoms with van der Waals surface area (Å²) in [4.78, 5) is 38.2. The number of nitrogens with zero attached hydrogens (tertiary/aromatic N) is 5. The van der Waals surface area contributed by atoms with Crippen LogP contribution in [0.5, 0.6) is 5.88 Å². The Bertz CT molecular complexity index is 989. The predicted octanol–water partition coefficient (Wildman–Crippen LogP) is 2.38. The number of ether oxygens (including phenoxy) is 1. The lowest BCUT2D eigenvalue weighted by Crippen LogP contribution is -2.48. The lowest BCUT2D eigenvalue weighted by Gasteiger charge is -2.33. The second-order valence-electron chi connectivity index (χ2n) is 7.62. The van der Waals surface area contributed by atoms with Gasteiger partial charge in [-0.2, -0.15) is 4.98 Å². The zero-order chi connectivity index (χ0) is 22.0. The van der Waals surface area contributed by atoms with Crippen molar-refractivity contribution in [3.8, 4) is 5.88 Å². The number of rotatable bonds is 5. The molecule has 0 radical (unpaired) electrons. The standard InChI is InChI=1S/C21H23F2N5O3/c1-14-24-7-6-19(25-14)31-16-3-2-8-26(12-16)20(29)13-27-9-10-28(21(27)30)15-4-5-17(22)18(23)11-15/h4-7,11,16H,2-3,8-10,12-13H2,1H3. The first-order valence-electron chi connectivity index (χ1n) is 10.2. The number of anilines is 1. The molecule has 0 spiro atoms. The van der Waals surface area contributed by atoms with Gasteiger partial charge in [0.1, 0.15) is 18.5 Å². The fourth-order valence-electron chi connectivity index (χ4n) is 3.82. The zero-order valence-electron chi connectivity index (χ0n) is 17.1. The first kappa shape index (κ1) is 21.0. The number of benzene rings is 1. The molecular weight excluding hydrogens is 408 g/mol. The Morgan fingerprint density at radius 3 is 2.81 bits per heavy atom. The van der Waals surface area contributed by atoms with Crippen molar-refractivity contribution in [2.45, 2.75) is 25.9 Å². The maximum Gasteiger partial charge on any atom is 0.325 e. The minimum absolute atomic E-state index is 0.0711. The van der Waals surface area contributed by atoms with E-state index >= 15 is 0 Å². The molecule has 31 heavy (non-hydrogen) atoms. The van der Waals surface area contributed by atoms with Crippen LogP contribution in [-0.2, 0) is 4.79 Å². The minimum Gasteiger partial charge on any atom is -0.472 e. The Kier molecular flexibility index (Phi) is 5.97. The molecule has 1 aromatic heterocycles. The Balaban J connectivity index is 1.34. The van der Waals surface area contributed by atoms with Gasteiger partial charge in [-0.25, -0.2) is 18.6 Å². The van der Waals surface area contributed by atoms with Gasteiger partial charge in [0, 0.05) is 43.7 Å². The number of aryl methyl sites for hydroxylation is 1. The molecule has 0 aliphatic carbocycles. The number of likely N-dealkylation sites (tertiary alicyclic amines) is 1. The summed E-state index contributed by atoms with van der Waals surface area (Å²) in [5.41, 5.74) is 0.269. The van der Waals surface area contributed by atoms with E-state index in [1.165, 1.54) is 15.9 Å². The minimum atomic E-state index is -1.02. The third-order valence-electron chi connectivity index (χ3n) is 5.40. The van der Waals surface area contributed by atoms with Gasteiger partial charge in [0.25, 0.3) is 0 Å². The lowest BCUT2D eigenvalue weighted by atomic mass is 10.1. The summed E-state index contributed by atoms with van der Waals surface area (Å²) in [6, 6.07) is 4.60. The number of carbonyl (C=O) groups is 2. The third kappa shape index (κ3) is 4.73. The van der Waals surface area contributed by atoms with Crippen LogP contribution in [0.15, 0.2) is 30.5 Å². The molecule has 0 N–H and O–H groups in total. The molecule has 0 saturated carbocycles. The van der Waals surface area contributed by atoms with Crippen LogP contribution in [0.1, 0.15) is 18.7 Å². The molecular formula is C21H23F2N5O3. The lowest BCUT2D eigenvalue weighted by molar-refractivity contribution is -0.134. The molecule has 4 rings (SSSR count). The van der Waals surface area contributed by atoms with E-state index in [2.05, 4.69) is 9.97 Å². The van der Waals surface area contributed by atoms with E-state index < -0.39 is 17.7 Å². The van der Waals surface area contributed by atoms with E-state index in [4.69, 9.17) is 4.74 Å². The Morgan fingerprint density at radius 2 is 2.03 bits per heavy atom. The maximum atomic E-state index is 13.5. The van der Waals surface area contributed by atoms with Gasteiger partial charge in [-0.05, 0) is 31.9 Å². The van der Waals surface area contributed by atoms with Gasteiger partial charge in [-0.3, -0.25) is 9.69 Å². The number of hydrogen-bond acceptors (Lipinski definition) is 5. The second kappa shape index (κ2) is 8.83. The number of aromatic nitrogens is 2. The number of hydrogen-bond donors (Lipinski definition) is 0. The Labute approximate surface area is 178 Å². The van der Waals surface area contributed by atoms with E-state index in [9.17, 15) is 18.4 Å². The summed E-state index contributed by atoms with van der Waals surface area (Å²) in [6.07, 6.45) is 3.04. The Morgan fingerprint density at radius 1 is 1.19 bits per heavy atom. The summed E-state index contributed by atoms with van der Waals surface area (Å²) in [7, 11) is 0. The van der Waals surface area contributed by atoms with Crippen LogP contribution in [0.3, 0.4) is 0 Å². The van der Waals surface area contributed by atoms with Crippen molar-refractivity contribution in [1.82, 2.24) is 19.8 Å². The van der Waals surface area contributed by atoms with Crippen molar-refractivity contribution in [2.75, 3.05) is 37.6 Å². The highest BCUT2D eigenvalue weighted by atomic mass is 19.2. The molecule has 2 aliphatic heterocycles. The predicted molar refractivity (Wildman–Crippen MR) is 108 cm³/mol. The molecule has 2 aliphatic rings. The monoisotopic (exact) mass is 431 g/mol. The fourth-order valence-corrected chi connectivity index (χ4v) is 3.82. The second-order valence-corrected chi connectivity index (χ2v) is 7.62. The molecule has 0 bridgehead atoms. The zero-order valence-corrected chi connectivity index (χ0v) is 17.1. The quantitative estimate of drug-likeness (QED) is 0.726. The highest BCUT2D eigenvalue weighted by Crippen LogP contribution is 2.23. The molecule has 10 heteroatoms. The van der Waals surface area contributed by atoms with Crippen molar-refractivity contribution < 1.29 is 23.1 Å². The van der Waals surface area contributed by atoms with Gasteiger partial charge in [0.15, 0.2) is 11.6 Å². The molecule has 3 amide bonds. The molecule has 2 saturated heterocycles. The summed E-state index contributed by atoms with van der Waals surface area (Å²) in [5, 5.41) is 0. The van der Waals surface area contributed by atoms with Gasteiger partial charge in [0.05, 0.1) is 6.54 Å². The molecule has 3 heterocycles. The van der Waals surface area contributed by atoms with Crippen LogP contribution in [0.2, 0.25) is 0 Å². The summed E-state index contributed by atoms with van der Waals surface area (Å²) < 4.78 is 32.6. The molecule has 164 valence electrons. The number of piperidine rings is 1. The Hall–Kier alpha value is -3.30. The number of urea groups is 1. The summed E-state index contributed by atoms with van der Waals surface area (Å²) in [6.45, 7) is 3.35. The van der Waals surface area contributed by atoms with Gasteiger partial charge in [-0.15, -0.1) is 0 Å². The molecule has 1 unspecified atom stereocenters. The van der Waals surface area contributed by atoms with Crippen molar-refractivity contribution in [2.24, 2.45) is 0 Å². The molecule has 1 atom stereocenters. The molecule has 1 aromatic carbocycles. The van der Waals surface area contributed by atoms with Crippen molar-refractivity contribution in [1.29, 1.82) is 0 Å². The van der Waals surface area contributed by atoms with Gasteiger partial charge in [0.2, 0.25) is 11.8 Å². The van der Waals surface area contributed by atoms with Gasteiger partial charge in [-0.1, -0.05) is 0 Å². The number of carbonyl (C=O) groups excluding carboxylic acids is 2. The number of amides is 3. The largest absolute Gasteiger partial charge is 0.472 e. The van der Waals surface area contributed by atoms with E-state index in [1.807, 2.05) is 0 Å². The highest BCUT2D eigenvalue weighted by molar-refractivity contribution is 5.96. The first-order valence-corrected chi connectivity index (χ1v) is 10.2. The average molecular weight is 431 g/mol. The van der Waals surface area contributed by atoms with Crippen LogP contribution in [0, 0.1) is 18.6 Å². The molecule has 2 aromatic rings. The van der Waals surface area contributed by atoms with Crippen LogP contribution < -0.4 is 9.64 Å². The van der Waals surface area contributed by atoms with E-state index in [-0.39, 0.29) is 24.2 Å². The van der Waals surface area contributed by atoms with Crippen LogP contribution in [-0.4, -0.2) is 70.5 Å². The fraction of sp³-hybridized carbons (Fsp3) is 0.429. The smallest absolute Gasteiger partial charge is 0.325 e. The maximum absolute atomic E-state index is 13.5. The number of halogens is 2. The van der Waals surface area contributed by atoms with E-state index in [0.29, 0.717) is 37.9 Å². The van der Waals surface area contributed by atoms with E-state index in [1.54, 1.807) is 24.1 Å². The average Bonchev–Trinajstić information content (AvgIpc) is 3.10. The van der Waals surface area contributed by atoms with Crippen LogP contribution >= 0.6 is 0 Å². The van der Waals surface area contributed by atoms with Gasteiger partial charge >= 0.3 is 6.03 Å². The van der Waals surface area contributed by atoms with E-state index in [0.717, 1.165) is 25.0 Å². The van der Waals surface area contributed by atoms with Crippen molar-refractivity contribution in [3.05, 3.63) is 47.9 Å². The first-order chi connectivity index (χ1) is 14.9.